The number of benzene rings is 1. The molecule has 22 heavy (non-hydrogen) atoms. The predicted octanol–water partition coefficient (Wildman–Crippen LogP) is 1.71. The Morgan fingerprint density at radius 3 is 2.55 bits per heavy atom. The second-order valence-corrected chi connectivity index (χ2v) is 5.45. The standard InChI is InChI=1S/C16H21FN2O3/c1-2-13(22-14-6-4-3-5-12(14)17)16(21)19-9-7-11(8-10-19)15(18)20/h3-6,11,13H,2,7-10H2,1H3,(H2,18,20)/t13-/m1/s1. The van der Waals surface area contributed by atoms with Crippen molar-refractivity contribution in [2.75, 3.05) is 13.1 Å². The van der Waals surface area contributed by atoms with Gasteiger partial charge in [0, 0.05) is 19.0 Å². The predicted molar refractivity (Wildman–Crippen MR) is 79.6 cm³/mol. The monoisotopic (exact) mass is 308 g/mol. The molecule has 2 N–H and O–H groups in total. The molecule has 6 heteroatoms. The fourth-order valence-electron chi connectivity index (χ4n) is 2.59. The summed E-state index contributed by atoms with van der Waals surface area (Å²) < 4.78 is 19.2. The summed E-state index contributed by atoms with van der Waals surface area (Å²) >= 11 is 0. The number of ether oxygens (including phenoxy) is 1. The Bertz CT molecular complexity index is 542. The number of nitrogens with zero attached hydrogens (tertiary/aromatic N) is 1. The minimum absolute atomic E-state index is 0.0784. The second kappa shape index (κ2) is 7.24. The van der Waals surface area contributed by atoms with Crippen molar-refractivity contribution >= 4 is 11.8 Å². The van der Waals surface area contributed by atoms with E-state index in [9.17, 15) is 14.0 Å². The number of carbonyl (C=O) groups excluding carboxylic acids is 2. The molecular formula is C16H21FN2O3. The number of hydrogen-bond donors (Lipinski definition) is 1. The highest BCUT2D eigenvalue weighted by atomic mass is 19.1. The third kappa shape index (κ3) is 3.75. The van der Waals surface area contributed by atoms with Gasteiger partial charge in [-0.25, -0.2) is 4.39 Å². The van der Waals surface area contributed by atoms with Crippen LogP contribution in [0.15, 0.2) is 24.3 Å². The molecule has 1 saturated heterocycles. The van der Waals surface area contributed by atoms with E-state index >= 15 is 0 Å². The van der Waals surface area contributed by atoms with Crippen LogP contribution in [0.2, 0.25) is 0 Å². The van der Waals surface area contributed by atoms with E-state index in [4.69, 9.17) is 10.5 Å². The molecule has 2 amide bonds. The van der Waals surface area contributed by atoms with Gasteiger partial charge in [-0.1, -0.05) is 19.1 Å². The van der Waals surface area contributed by atoms with Gasteiger partial charge in [0.05, 0.1) is 0 Å². The lowest BCUT2D eigenvalue weighted by Crippen LogP contribution is -2.47. The number of amides is 2. The number of likely N-dealkylation sites (tertiary alicyclic amines) is 1. The number of para-hydroxylation sites is 1. The molecule has 0 spiro atoms. The summed E-state index contributed by atoms with van der Waals surface area (Å²) in [6, 6.07) is 6.03. The number of halogens is 1. The number of primary amides is 1. The van der Waals surface area contributed by atoms with Gasteiger partial charge in [-0.05, 0) is 31.4 Å². The topological polar surface area (TPSA) is 72.6 Å². The van der Waals surface area contributed by atoms with Gasteiger partial charge in [0.25, 0.3) is 5.91 Å². The maximum atomic E-state index is 13.6. The van der Waals surface area contributed by atoms with Gasteiger partial charge in [-0.2, -0.15) is 0 Å². The number of rotatable bonds is 5. The van der Waals surface area contributed by atoms with E-state index in [-0.39, 0.29) is 23.5 Å². The van der Waals surface area contributed by atoms with E-state index in [1.807, 2.05) is 6.92 Å². The summed E-state index contributed by atoms with van der Waals surface area (Å²) in [7, 11) is 0. The molecule has 1 atom stereocenters. The van der Waals surface area contributed by atoms with Crippen molar-refractivity contribution in [3.8, 4) is 5.75 Å². The number of carbonyl (C=O) groups is 2. The highest BCUT2D eigenvalue weighted by Gasteiger charge is 2.30. The quantitative estimate of drug-likeness (QED) is 0.900. The summed E-state index contributed by atoms with van der Waals surface area (Å²) in [4.78, 5) is 25.3. The molecule has 0 aromatic heterocycles. The van der Waals surface area contributed by atoms with E-state index in [0.717, 1.165) is 0 Å². The molecule has 0 aliphatic carbocycles. The summed E-state index contributed by atoms with van der Waals surface area (Å²) in [5.74, 6) is -1.07. The van der Waals surface area contributed by atoms with Gasteiger partial charge in [0.15, 0.2) is 17.7 Å². The van der Waals surface area contributed by atoms with Crippen molar-refractivity contribution in [3.63, 3.8) is 0 Å². The molecule has 1 aliphatic heterocycles. The second-order valence-electron chi connectivity index (χ2n) is 5.45. The van der Waals surface area contributed by atoms with Gasteiger partial charge in [-0.3, -0.25) is 9.59 Å². The SMILES string of the molecule is CC[C@@H](Oc1ccccc1F)C(=O)N1CCC(C(N)=O)CC1. The van der Waals surface area contributed by atoms with Crippen LogP contribution in [-0.2, 0) is 9.59 Å². The molecule has 0 unspecified atom stereocenters. The van der Waals surface area contributed by atoms with E-state index < -0.39 is 11.9 Å². The van der Waals surface area contributed by atoms with Crippen LogP contribution in [0.1, 0.15) is 26.2 Å². The Labute approximate surface area is 129 Å². The first-order valence-electron chi connectivity index (χ1n) is 7.52. The molecule has 1 fully saturated rings. The van der Waals surface area contributed by atoms with Crippen molar-refractivity contribution in [1.29, 1.82) is 0 Å². The maximum absolute atomic E-state index is 13.6. The molecule has 1 aromatic carbocycles. The van der Waals surface area contributed by atoms with Crippen LogP contribution in [0.25, 0.3) is 0 Å². The molecule has 1 aromatic rings. The summed E-state index contributed by atoms with van der Waals surface area (Å²) in [6.45, 7) is 2.77. The zero-order valence-electron chi connectivity index (χ0n) is 12.6. The number of piperidine rings is 1. The van der Waals surface area contributed by atoms with Crippen molar-refractivity contribution in [3.05, 3.63) is 30.1 Å². The first-order valence-corrected chi connectivity index (χ1v) is 7.52. The molecule has 1 aliphatic rings. The zero-order valence-corrected chi connectivity index (χ0v) is 12.6. The highest BCUT2D eigenvalue weighted by molar-refractivity contribution is 5.82. The summed E-state index contributed by atoms with van der Waals surface area (Å²) in [5.41, 5.74) is 5.28. The third-order valence-corrected chi connectivity index (χ3v) is 3.96. The Morgan fingerprint density at radius 1 is 1.36 bits per heavy atom. The van der Waals surface area contributed by atoms with Crippen LogP contribution < -0.4 is 10.5 Å². The first-order chi connectivity index (χ1) is 10.5. The van der Waals surface area contributed by atoms with Crippen LogP contribution >= 0.6 is 0 Å². The fraction of sp³-hybridized carbons (Fsp3) is 0.500. The smallest absolute Gasteiger partial charge is 0.263 e. The lowest BCUT2D eigenvalue weighted by molar-refractivity contribution is -0.141. The molecule has 0 bridgehead atoms. The molecule has 1 heterocycles. The van der Waals surface area contributed by atoms with E-state index in [1.54, 1.807) is 17.0 Å². The van der Waals surface area contributed by atoms with Crippen LogP contribution in [-0.4, -0.2) is 35.9 Å². The average Bonchev–Trinajstić information content (AvgIpc) is 2.53. The molecular weight excluding hydrogens is 287 g/mol. The van der Waals surface area contributed by atoms with E-state index in [1.165, 1.54) is 12.1 Å². The average molecular weight is 308 g/mol. The van der Waals surface area contributed by atoms with Gasteiger partial charge >= 0.3 is 0 Å². The normalized spacial score (nSPS) is 17.1. The minimum Gasteiger partial charge on any atom is -0.478 e. The Balaban J connectivity index is 1.98. The molecule has 0 radical (unpaired) electrons. The Hall–Kier alpha value is -2.11. The van der Waals surface area contributed by atoms with Crippen molar-refractivity contribution in [1.82, 2.24) is 4.90 Å². The van der Waals surface area contributed by atoms with Crippen LogP contribution in [0.5, 0.6) is 5.75 Å². The molecule has 0 saturated carbocycles. The van der Waals surface area contributed by atoms with Gasteiger partial charge in [0.2, 0.25) is 5.91 Å². The van der Waals surface area contributed by atoms with Gasteiger partial charge in [-0.15, -0.1) is 0 Å². The molecule has 120 valence electrons. The van der Waals surface area contributed by atoms with Gasteiger partial charge in [0.1, 0.15) is 0 Å². The van der Waals surface area contributed by atoms with E-state index in [2.05, 4.69) is 0 Å². The third-order valence-electron chi connectivity index (χ3n) is 3.96. The Kier molecular flexibility index (Phi) is 5.35. The van der Waals surface area contributed by atoms with Crippen LogP contribution in [0, 0.1) is 11.7 Å². The van der Waals surface area contributed by atoms with Gasteiger partial charge < -0.3 is 15.4 Å². The van der Waals surface area contributed by atoms with Crippen molar-refractivity contribution < 1.29 is 18.7 Å². The minimum atomic E-state index is -0.720. The fourth-order valence-corrected chi connectivity index (χ4v) is 2.59. The van der Waals surface area contributed by atoms with E-state index in [0.29, 0.717) is 32.4 Å². The maximum Gasteiger partial charge on any atom is 0.263 e. The lowest BCUT2D eigenvalue weighted by Gasteiger charge is -2.33. The molecule has 2 rings (SSSR count). The van der Waals surface area contributed by atoms with Crippen LogP contribution in [0.3, 0.4) is 0 Å². The largest absolute Gasteiger partial charge is 0.478 e. The van der Waals surface area contributed by atoms with Crippen molar-refractivity contribution in [2.45, 2.75) is 32.3 Å². The van der Waals surface area contributed by atoms with Crippen LogP contribution in [0.4, 0.5) is 4.39 Å². The summed E-state index contributed by atoms with van der Waals surface area (Å²) in [6.07, 6.45) is 0.860. The Morgan fingerprint density at radius 2 is 2.00 bits per heavy atom. The number of hydrogen-bond acceptors (Lipinski definition) is 3. The first kappa shape index (κ1) is 16.3. The number of nitrogens with two attached hydrogens (primary N) is 1. The lowest BCUT2D eigenvalue weighted by atomic mass is 9.96. The zero-order chi connectivity index (χ0) is 16.1. The summed E-state index contributed by atoms with van der Waals surface area (Å²) in [5, 5.41) is 0. The molecule has 5 nitrogen and oxygen atoms in total. The van der Waals surface area contributed by atoms with Crippen molar-refractivity contribution in [2.24, 2.45) is 11.7 Å². The highest BCUT2D eigenvalue weighted by Crippen LogP contribution is 2.21.